The molecular weight excluding hydrogens is 328 g/mol. The second kappa shape index (κ2) is 7.36. The zero-order valence-electron chi connectivity index (χ0n) is 12.7. The maximum absolute atomic E-state index is 12.5. The molecule has 0 spiro atoms. The average Bonchev–Trinajstić information content (AvgIpc) is 2.97. The normalized spacial score (nSPS) is 23.4. The van der Waals surface area contributed by atoms with Crippen LogP contribution < -0.4 is 5.32 Å². The van der Waals surface area contributed by atoms with Crippen molar-refractivity contribution in [2.24, 2.45) is 0 Å². The van der Waals surface area contributed by atoms with Crippen LogP contribution in [0.5, 0.6) is 0 Å². The third-order valence-electron chi connectivity index (χ3n) is 3.33. The smallest absolute Gasteiger partial charge is 0.246 e. The Bertz CT molecular complexity index is 620. The van der Waals surface area contributed by atoms with Crippen molar-refractivity contribution < 1.29 is 27.8 Å². The van der Waals surface area contributed by atoms with Gasteiger partial charge in [0.1, 0.15) is 17.1 Å². The lowest BCUT2D eigenvalue weighted by Gasteiger charge is -2.30. The first-order valence-electron chi connectivity index (χ1n) is 6.92. The van der Waals surface area contributed by atoms with Crippen molar-refractivity contribution >= 4 is 15.9 Å². The van der Waals surface area contributed by atoms with Crippen LogP contribution >= 0.6 is 0 Å². The number of hydrogen-bond donors (Lipinski definition) is 3. The average molecular weight is 348 g/mol. The minimum absolute atomic E-state index is 0.00479. The first-order chi connectivity index (χ1) is 10.9. The summed E-state index contributed by atoms with van der Waals surface area (Å²) in [5, 5.41) is 19.2. The van der Waals surface area contributed by atoms with Gasteiger partial charge in [-0.25, -0.2) is 8.42 Å². The molecule has 1 atom stereocenters. The molecule has 2 heterocycles. The quantitative estimate of drug-likeness (QED) is 0.537. The molecule has 0 saturated carbocycles. The molecule has 11 heteroatoms. The second-order valence-electron chi connectivity index (χ2n) is 5.26. The van der Waals surface area contributed by atoms with E-state index in [9.17, 15) is 18.3 Å². The monoisotopic (exact) mass is 348 g/mol. The van der Waals surface area contributed by atoms with Crippen LogP contribution in [0, 0.1) is 0 Å². The fourth-order valence-electron chi connectivity index (χ4n) is 2.17. The van der Waals surface area contributed by atoms with Gasteiger partial charge in [0.15, 0.2) is 0 Å². The van der Waals surface area contributed by atoms with Gasteiger partial charge in [0.2, 0.25) is 15.9 Å². The van der Waals surface area contributed by atoms with E-state index in [1.165, 1.54) is 19.5 Å². The number of hydrogen-bond acceptors (Lipinski definition) is 7. The highest BCUT2D eigenvalue weighted by atomic mass is 32.2. The van der Waals surface area contributed by atoms with E-state index in [2.05, 4.69) is 20.3 Å². The van der Waals surface area contributed by atoms with Gasteiger partial charge >= 0.3 is 0 Å². The van der Waals surface area contributed by atoms with Crippen LogP contribution in [0.1, 0.15) is 0 Å². The van der Waals surface area contributed by atoms with E-state index >= 15 is 0 Å². The van der Waals surface area contributed by atoms with E-state index in [0.717, 1.165) is 4.31 Å². The van der Waals surface area contributed by atoms with E-state index in [4.69, 9.17) is 4.74 Å². The summed E-state index contributed by atoms with van der Waals surface area (Å²) in [6.45, 7) is -0.334. The lowest BCUT2D eigenvalue weighted by molar-refractivity contribution is -0.126. The molecule has 0 bridgehead atoms. The van der Waals surface area contributed by atoms with Crippen LogP contribution in [-0.4, -0.2) is 86.1 Å². The molecular formula is C12H20N4O6S. The number of aliphatic hydroxyl groups is 1. The Morgan fingerprint density at radius 3 is 3.09 bits per heavy atom. The van der Waals surface area contributed by atoms with Gasteiger partial charge in [0.25, 0.3) is 0 Å². The summed E-state index contributed by atoms with van der Waals surface area (Å²) in [5.74, 6) is -0.408. The fraction of sp³-hybridized carbons (Fsp3) is 0.667. The van der Waals surface area contributed by atoms with Crippen molar-refractivity contribution in [3.05, 3.63) is 12.4 Å². The molecule has 23 heavy (non-hydrogen) atoms. The first-order valence-corrected chi connectivity index (χ1v) is 8.36. The summed E-state index contributed by atoms with van der Waals surface area (Å²) in [7, 11) is -2.42. The van der Waals surface area contributed by atoms with Crippen molar-refractivity contribution in [1.29, 1.82) is 0 Å². The predicted molar refractivity (Wildman–Crippen MR) is 78.0 cm³/mol. The van der Waals surface area contributed by atoms with Gasteiger partial charge in [0.05, 0.1) is 19.4 Å². The highest BCUT2D eigenvalue weighted by Crippen LogP contribution is 2.19. The molecule has 1 aromatic heterocycles. The largest absolute Gasteiger partial charge is 0.384 e. The SMILES string of the molecule is COCC(=O)NCC1(O)COCCN(S(=O)(=O)c2cn[nH]c2)C1. The highest BCUT2D eigenvalue weighted by molar-refractivity contribution is 7.89. The maximum atomic E-state index is 12.5. The maximum Gasteiger partial charge on any atom is 0.246 e. The number of methoxy groups -OCH3 is 1. The number of aromatic nitrogens is 2. The molecule has 1 amide bonds. The minimum atomic E-state index is -3.80. The van der Waals surface area contributed by atoms with E-state index in [-0.39, 0.29) is 44.4 Å². The molecule has 0 aromatic carbocycles. The number of H-pyrrole nitrogens is 1. The lowest BCUT2D eigenvalue weighted by Crippen LogP contribution is -2.53. The van der Waals surface area contributed by atoms with Gasteiger partial charge in [0, 0.05) is 32.9 Å². The highest BCUT2D eigenvalue weighted by Gasteiger charge is 2.38. The second-order valence-corrected chi connectivity index (χ2v) is 7.20. The van der Waals surface area contributed by atoms with Crippen LogP contribution in [0.2, 0.25) is 0 Å². The summed E-state index contributed by atoms with van der Waals surface area (Å²) in [4.78, 5) is 11.5. The summed E-state index contributed by atoms with van der Waals surface area (Å²) >= 11 is 0. The van der Waals surface area contributed by atoms with Crippen LogP contribution in [0.4, 0.5) is 0 Å². The van der Waals surface area contributed by atoms with Crippen molar-refractivity contribution in [1.82, 2.24) is 19.8 Å². The van der Waals surface area contributed by atoms with Crippen molar-refractivity contribution in [3.63, 3.8) is 0 Å². The van der Waals surface area contributed by atoms with Crippen LogP contribution in [0.15, 0.2) is 17.3 Å². The number of amides is 1. The van der Waals surface area contributed by atoms with Crippen LogP contribution in [0.3, 0.4) is 0 Å². The topological polar surface area (TPSA) is 134 Å². The predicted octanol–water partition coefficient (Wildman–Crippen LogP) is -2.08. The molecule has 2 rings (SSSR count). The summed E-state index contributed by atoms with van der Waals surface area (Å²) < 4.78 is 36.1. The number of rotatable bonds is 6. The Kier molecular flexibility index (Phi) is 5.70. The van der Waals surface area contributed by atoms with Gasteiger partial charge in [-0.1, -0.05) is 0 Å². The molecule has 1 aromatic rings. The van der Waals surface area contributed by atoms with E-state index in [1.807, 2.05) is 0 Å². The molecule has 1 aliphatic heterocycles. The molecule has 130 valence electrons. The van der Waals surface area contributed by atoms with Gasteiger partial charge in [-0.15, -0.1) is 0 Å². The molecule has 1 fully saturated rings. The van der Waals surface area contributed by atoms with E-state index in [1.54, 1.807) is 0 Å². The number of ether oxygens (including phenoxy) is 2. The number of aromatic amines is 1. The number of nitrogens with zero attached hydrogens (tertiary/aromatic N) is 2. The summed E-state index contributed by atoms with van der Waals surface area (Å²) in [5.41, 5.74) is -1.53. The fourth-order valence-corrected chi connectivity index (χ4v) is 3.58. The summed E-state index contributed by atoms with van der Waals surface area (Å²) in [6.07, 6.45) is 2.46. The Morgan fingerprint density at radius 1 is 1.65 bits per heavy atom. The van der Waals surface area contributed by atoms with Crippen molar-refractivity contribution in [2.45, 2.75) is 10.5 Å². The Balaban J connectivity index is 2.09. The number of β-amino-alcohol motifs (C(OH)–C–C–N with tert-alkyl or cyclic N) is 1. The third kappa shape index (κ3) is 4.48. The molecule has 1 saturated heterocycles. The molecule has 0 radical (unpaired) electrons. The van der Waals surface area contributed by atoms with Gasteiger partial charge < -0.3 is 19.9 Å². The minimum Gasteiger partial charge on any atom is -0.384 e. The zero-order valence-corrected chi connectivity index (χ0v) is 13.5. The van der Waals surface area contributed by atoms with E-state index < -0.39 is 21.5 Å². The van der Waals surface area contributed by atoms with Gasteiger partial charge in [-0.05, 0) is 0 Å². The van der Waals surface area contributed by atoms with Gasteiger partial charge in [-0.2, -0.15) is 9.40 Å². The number of sulfonamides is 1. The van der Waals surface area contributed by atoms with Crippen LogP contribution in [-0.2, 0) is 24.3 Å². The zero-order chi connectivity index (χ0) is 16.9. The lowest BCUT2D eigenvalue weighted by atomic mass is 10.1. The number of carbonyl (C=O) groups is 1. The molecule has 0 aliphatic carbocycles. The summed E-state index contributed by atoms with van der Waals surface area (Å²) in [6, 6.07) is 0. The molecule has 3 N–H and O–H groups in total. The first kappa shape index (κ1) is 17.8. The van der Waals surface area contributed by atoms with Gasteiger partial charge in [-0.3, -0.25) is 9.89 Å². The van der Waals surface area contributed by atoms with Crippen LogP contribution in [0.25, 0.3) is 0 Å². The Labute approximate surface area is 133 Å². The number of carbonyl (C=O) groups excluding carboxylic acids is 1. The number of nitrogens with one attached hydrogen (secondary N) is 2. The Hall–Kier alpha value is -1.53. The Morgan fingerprint density at radius 2 is 2.43 bits per heavy atom. The third-order valence-corrected chi connectivity index (χ3v) is 5.14. The molecule has 1 unspecified atom stereocenters. The molecule has 1 aliphatic rings. The van der Waals surface area contributed by atoms with E-state index in [0.29, 0.717) is 0 Å². The van der Waals surface area contributed by atoms with Crippen molar-refractivity contribution in [2.75, 3.05) is 46.6 Å². The molecule has 10 nitrogen and oxygen atoms in total. The standard InChI is InChI=1S/C12H20N4O6S/c1-21-6-11(17)13-7-12(18)8-16(2-3-22-9-12)23(19,20)10-4-14-15-5-10/h4-5,18H,2-3,6-9H2,1H3,(H,13,17)(H,14,15). The van der Waals surface area contributed by atoms with Crippen molar-refractivity contribution in [3.8, 4) is 0 Å².